The molecule has 4 heteroatoms. The van der Waals surface area contributed by atoms with Crippen LogP contribution < -0.4 is 0 Å². The average Bonchev–Trinajstić information content (AvgIpc) is 2.29. The maximum Gasteiger partial charge on any atom is 0.154 e. The molecule has 1 aliphatic heterocycles. The molecule has 0 bridgehead atoms. The van der Waals surface area contributed by atoms with Crippen LogP contribution in [0, 0.1) is 0 Å². The van der Waals surface area contributed by atoms with E-state index in [1.807, 2.05) is 0 Å². The topological polar surface area (TPSA) is 27.7 Å². The molecule has 0 saturated carbocycles. The van der Waals surface area contributed by atoms with Crippen LogP contribution in [0.3, 0.4) is 0 Å². The molecule has 3 nitrogen and oxygen atoms in total. The largest absolute Gasteiger partial charge is 0.382 e. The molecule has 4 atom stereocenters. The van der Waals surface area contributed by atoms with Crippen LogP contribution in [0.4, 0.5) is 4.39 Å². The maximum atomic E-state index is 13.2. The van der Waals surface area contributed by atoms with Gasteiger partial charge < -0.3 is 14.2 Å². The summed E-state index contributed by atoms with van der Waals surface area (Å²) < 4.78 is 28.4. The van der Waals surface area contributed by atoms with Crippen LogP contribution in [-0.2, 0) is 14.2 Å². The Morgan fingerprint density at radius 1 is 1.42 bits per heavy atom. The van der Waals surface area contributed by atoms with Crippen LogP contribution in [-0.4, -0.2) is 45.3 Å². The van der Waals surface area contributed by atoms with E-state index in [9.17, 15) is 4.39 Å². The van der Waals surface area contributed by atoms with E-state index in [0.717, 1.165) is 0 Å². The van der Waals surface area contributed by atoms with Gasteiger partial charge in [-0.2, -0.15) is 0 Å². The molecular formula is C8H15FO3. The van der Waals surface area contributed by atoms with Crippen molar-refractivity contribution in [2.45, 2.75) is 31.4 Å². The van der Waals surface area contributed by atoms with Crippen molar-refractivity contribution in [1.82, 2.24) is 0 Å². The Bertz CT molecular complexity index is 142. The molecule has 12 heavy (non-hydrogen) atoms. The molecule has 1 fully saturated rings. The lowest BCUT2D eigenvalue weighted by atomic mass is 10.1. The van der Waals surface area contributed by atoms with Gasteiger partial charge in [0.2, 0.25) is 0 Å². The minimum absolute atomic E-state index is 0.273. The van der Waals surface area contributed by atoms with Gasteiger partial charge in [0.05, 0.1) is 12.7 Å². The summed E-state index contributed by atoms with van der Waals surface area (Å²) in [6, 6.07) is 0. The van der Waals surface area contributed by atoms with Crippen LogP contribution in [0.1, 0.15) is 6.92 Å². The Morgan fingerprint density at radius 2 is 2.08 bits per heavy atom. The van der Waals surface area contributed by atoms with Crippen LogP contribution in [0.15, 0.2) is 0 Å². The zero-order chi connectivity index (χ0) is 9.14. The fourth-order valence-electron chi connectivity index (χ4n) is 1.48. The average molecular weight is 178 g/mol. The third-order valence-electron chi connectivity index (χ3n) is 2.12. The van der Waals surface area contributed by atoms with Gasteiger partial charge in [-0.25, -0.2) is 4.39 Å². The van der Waals surface area contributed by atoms with Gasteiger partial charge in [0, 0.05) is 14.2 Å². The van der Waals surface area contributed by atoms with Gasteiger partial charge in [-0.05, 0) is 6.92 Å². The van der Waals surface area contributed by atoms with Crippen molar-refractivity contribution in [1.29, 1.82) is 0 Å². The summed E-state index contributed by atoms with van der Waals surface area (Å²) in [6.07, 6.45) is -2.20. The zero-order valence-electron chi connectivity index (χ0n) is 7.62. The second-order valence-corrected chi connectivity index (χ2v) is 2.98. The summed E-state index contributed by atoms with van der Waals surface area (Å²) in [7, 11) is 3.05. The Labute approximate surface area is 71.8 Å². The molecule has 0 aromatic rings. The summed E-state index contributed by atoms with van der Waals surface area (Å²) in [5, 5.41) is 0. The van der Waals surface area contributed by atoms with Gasteiger partial charge in [-0.15, -0.1) is 0 Å². The highest BCUT2D eigenvalue weighted by molar-refractivity contribution is 4.89. The molecule has 1 rings (SSSR count). The number of hydrogen-bond acceptors (Lipinski definition) is 3. The number of hydrogen-bond donors (Lipinski definition) is 0. The number of rotatable bonds is 3. The van der Waals surface area contributed by atoms with E-state index in [1.54, 1.807) is 14.0 Å². The second-order valence-electron chi connectivity index (χ2n) is 2.98. The van der Waals surface area contributed by atoms with Crippen molar-refractivity contribution in [3.63, 3.8) is 0 Å². The van der Waals surface area contributed by atoms with Gasteiger partial charge >= 0.3 is 0 Å². The van der Waals surface area contributed by atoms with Crippen molar-refractivity contribution in [3.8, 4) is 0 Å². The Balaban J connectivity index is 2.52. The molecule has 72 valence electrons. The molecular weight excluding hydrogens is 163 g/mol. The Morgan fingerprint density at radius 3 is 2.58 bits per heavy atom. The molecule has 0 aliphatic carbocycles. The van der Waals surface area contributed by atoms with Crippen molar-refractivity contribution >= 4 is 0 Å². The van der Waals surface area contributed by atoms with E-state index in [2.05, 4.69) is 0 Å². The predicted octanol–water partition coefficient (Wildman–Crippen LogP) is 0.773. The van der Waals surface area contributed by atoms with Crippen molar-refractivity contribution in [2.24, 2.45) is 0 Å². The molecule has 1 unspecified atom stereocenters. The fraction of sp³-hybridized carbons (Fsp3) is 1.00. The van der Waals surface area contributed by atoms with E-state index in [0.29, 0.717) is 6.61 Å². The number of methoxy groups -OCH3 is 2. The molecule has 0 aromatic carbocycles. The second kappa shape index (κ2) is 4.16. The first kappa shape index (κ1) is 9.89. The molecule has 1 heterocycles. The third-order valence-corrected chi connectivity index (χ3v) is 2.12. The number of halogens is 1. The van der Waals surface area contributed by atoms with Crippen molar-refractivity contribution < 1.29 is 18.6 Å². The first-order valence-corrected chi connectivity index (χ1v) is 4.02. The maximum absolute atomic E-state index is 13.2. The minimum atomic E-state index is -1.05. The summed E-state index contributed by atoms with van der Waals surface area (Å²) in [5.41, 5.74) is 0. The molecule has 0 N–H and O–H groups in total. The fourth-order valence-corrected chi connectivity index (χ4v) is 1.48. The van der Waals surface area contributed by atoms with Gasteiger partial charge in [0.15, 0.2) is 6.17 Å². The first-order chi connectivity index (χ1) is 5.70. The minimum Gasteiger partial charge on any atom is -0.382 e. The quantitative estimate of drug-likeness (QED) is 0.639. The lowest BCUT2D eigenvalue weighted by Crippen LogP contribution is -2.33. The molecule has 0 amide bonds. The van der Waals surface area contributed by atoms with E-state index in [-0.39, 0.29) is 6.10 Å². The van der Waals surface area contributed by atoms with Crippen molar-refractivity contribution in [2.75, 3.05) is 20.8 Å². The smallest absolute Gasteiger partial charge is 0.154 e. The third kappa shape index (κ3) is 1.76. The van der Waals surface area contributed by atoms with E-state index < -0.39 is 18.4 Å². The highest BCUT2D eigenvalue weighted by Gasteiger charge is 2.42. The van der Waals surface area contributed by atoms with Crippen LogP contribution >= 0.6 is 0 Å². The molecule has 0 radical (unpaired) electrons. The van der Waals surface area contributed by atoms with Crippen LogP contribution in [0.25, 0.3) is 0 Å². The van der Waals surface area contributed by atoms with E-state index in [4.69, 9.17) is 14.2 Å². The predicted molar refractivity (Wildman–Crippen MR) is 41.9 cm³/mol. The normalized spacial score (nSPS) is 42.0. The summed E-state index contributed by atoms with van der Waals surface area (Å²) >= 11 is 0. The van der Waals surface area contributed by atoms with E-state index >= 15 is 0 Å². The lowest BCUT2D eigenvalue weighted by molar-refractivity contribution is -0.0416. The van der Waals surface area contributed by atoms with Gasteiger partial charge in [0.25, 0.3) is 0 Å². The Hall–Kier alpha value is -0.190. The van der Waals surface area contributed by atoms with E-state index in [1.165, 1.54) is 7.11 Å². The summed E-state index contributed by atoms with van der Waals surface area (Å²) in [6.45, 7) is 2.08. The van der Waals surface area contributed by atoms with Gasteiger partial charge in [-0.1, -0.05) is 0 Å². The highest BCUT2D eigenvalue weighted by Crippen LogP contribution is 2.25. The Kier molecular flexibility index (Phi) is 3.43. The number of alkyl halides is 1. The van der Waals surface area contributed by atoms with Gasteiger partial charge in [0.1, 0.15) is 12.2 Å². The zero-order valence-corrected chi connectivity index (χ0v) is 7.62. The number of ether oxygens (including phenoxy) is 3. The summed E-state index contributed by atoms with van der Waals surface area (Å²) in [5.74, 6) is 0. The lowest BCUT2D eigenvalue weighted by Gasteiger charge is -2.16. The van der Waals surface area contributed by atoms with Crippen LogP contribution in [0.5, 0.6) is 0 Å². The van der Waals surface area contributed by atoms with Crippen LogP contribution in [0.2, 0.25) is 0 Å². The highest BCUT2D eigenvalue weighted by atomic mass is 19.1. The van der Waals surface area contributed by atoms with Crippen molar-refractivity contribution in [3.05, 3.63) is 0 Å². The molecule has 1 saturated heterocycles. The summed E-state index contributed by atoms with van der Waals surface area (Å²) in [4.78, 5) is 0. The monoisotopic (exact) mass is 178 g/mol. The standard InChI is InChI=1S/C8H15FO3/c1-5-7(9)8(11-3)6(12-5)4-10-2/h5-8H,4H2,1-3H3/t5-,6+,7-,8?/m0/s1. The molecule has 0 aromatic heterocycles. The SMILES string of the molecule is COC[C@H]1O[C@@H](C)[C@H](F)C1OC. The van der Waals surface area contributed by atoms with Gasteiger partial charge in [-0.3, -0.25) is 0 Å². The molecule has 1 aliphatic rings. The molecule has 0 spiro atoms. The first-order valence-electron chi connectivity index (χ1n) is 4.02.